The average molecular weight is 358 g/mol. The number of aromatic hydroxyl groups is 1. The second-order valence-corrected chi connectivity index (χ2v) is 7.92. The molecule has 0 unspecified atom stereocenters. The van der Waals surface area contributed by atoms with Gasteiger partial charge in [0.25, 0.3) is 0 Å². The van der Waals surface area contributed by atoms with E-state index in [0.717, 1.165) is 12.0 Å². The van der Waals surface area contributed by atoms with Gasteiger partial charge in [-0.05, 0) is 37.1 Å². The molecule has 1 N–H and O–H groups in total. The van der Waals surface area contributed by atoms with Crippen LogP contribution in [0.1, 0.15) is 24.5 Å². The average Bonchev–Trinajstić information content (AvgIpc) is 2.54. The van der Waals surface area contributed by atoms with Crippen LogP contribution in [-0.4, -0.2) is 13.5 Å². The Labute approximate surface area is 145 Å². The predicted molar refractivity (Wildman–Crippen MR) is 94.8 cm³/mol. The molecule has 5 nitrogen and oxygen atoms in total. The van der Waals surface area contributed by atoms with Crippen molar-refractivity contribution in [1.29, 1.82) is 0 Å². The normalized spacial score (nSPS) is 11.8. The van der Waals surface area contributed by atoms with Crippen LogP contribution in [0.25, 0.3) is 11.0 Å². The van der Waals surface area contributed by atoms with Crippen molar-refractivity contribution in [3.8, 4) is 5.75 Å². The maximum Gasteiger partial charge on any atom is 0.336 e. The summed E-state index contributed by atoms with van der Waals surface area (Å²) in [6.07, 6.45) is 1.36. The molecule has 0 saturated heterocycles. The standard InChI is InChI=1S/C19H18O5S/c1-3-4-13-9-18(21)24-17-11-15(10-16(20)19(13)17)25(22,23)14-7-5-12(2)6-8-14/h5-11,20H,3-4H2,1-2H3. The highest BCUT2D eigenvalue weighted by molar-refractivity contribution is 7.91. The number of rotatable bonds is 4. The van der Waals surface area contributed by atoms with E-state index < -0.39 is 15.5 Å². The Balaban J connectivity index is 2.25. The molecule has 0 saturated carbocycles. The van der Waals surface area contributed by atoms with E-state index in [4.69, 9.17) is 4.42 Å². The van der Waals surface area contributed by atoms with Crippen LogP contribution in [0.15, 0.2) is 61.5 Å². The van der Waals surface area contributed by atoms with Crippen molar-refractivity contribution < 1.29 is 17.9 Å². The monoisotopic (exact) mass is 358 g/mol. The third-order valence-corrected chi connectivity index (χ3v) is 5.79. The van der Waals surface area contributed by atoms with Crippen molar-refractivity contribution in [3.63, 3.8) is 0 Å². The fraction of sp³-hybridized carbons (Fsp3) is 0.211. The molecular formula is C19H18O5S. The van der Waals surface area contributed by atoms with E-state index in [9.17, 15) is 18.3 Å². The van der Waals surface area contributed by atoms with Gasteiger partial charge < -0.3 is 9.52 Å². The molecule has 130 valence electrons. The molecule has 0 fully saturated rings. The quantitative estimate of drug-likeness (QED) is 0.721. The topological polar surface area (TPSA) is 84.6 Å². The van der Waals surface area contributed by atoms with Crippen LogP contribution < -0.4 is 5.63 Å². The zero-order chi connectivity index (χ0) is 18.2. The Morgan fingerprint density at radius 2 is 1.72 bits per heavy atom. The van der Waals surface area contributed by atoms with Gasteiger partial charge in [-0.1, -0.05) is 31.0 Å². The van der Waals surface area contributed by atoms with Crippen LogP contribution >= 0.6 is 0 Å². The molecule has 6 heteroatoms. The van der Waals surface area contributed by atoms with Gasteiger partial charge in [0, 0.05) is 12.1 Å². The van der Waals surface area contributed by atoms with E-state index in [1.54, 1.807) is 12.1 Å². The van der Waals surface area contributed by atoms with Gasteiger partial charge >= 0.3 is 5.63 Å². The molecule has 0 amide bonds. The highest BCUT2D eigenvalue weighted by atomic mass is 32.2. The van der Waals surface area contributed by atoms with E-state index >= 15 is 0 Å². The number of aryl methyl sites for hydroxylation is 2. The van der Waals surface area contributed by atoms with Gasteiger partial charge in [0.2, 0.25) is 9.84 Å². The van der Waals surface area contributed by atoms with E-state index in [2.05, 4.69) is 0 Å². The predicted octanol–water partition coefficient (Wildman–Crippen LogP) is 3.59. The number of phenolic OH excluding ortho intramolecular Hbond substituents is 1. The lowest BCUT2D eigenvalue weighted by atomic mass is 10.1. The van der Waals surface area contributed by atoms with Crippen LogP contribution in [0.5, 0.6) is 5.75 Å². The molecule has 25 heavy (non-hydrogen) atoms. The summed E-state index contributed by atoms with van der Waals surface area (Å²) < 4.78 is 30.8. The lowest BCUT2D eigenvalue weighted by Crippen LogP contribution is -2.05. The summed E-state index contributed by atoms with van der Waals surface area (Å²) in [5, 5.41) is 10.8. The Kier molecular flexibility index (Phi) is 4.39. The van der Waals surface area contributed by atoms with Gasteiger partial charge in [-0.3, -0.25) is 0 Å². The minimum atomic E-state index is -3.83. The minimum Gasteiger partial charge on any atom is -0.507 e. The van der Waals surface area contributed by atoms with Crippen LogP contribution in [0.4, 0.5) is 0 Å². The zero-order valence-electron chi connectivity index (χ0n) is 13.9. The summed E-state index contributed by atoms with van der Waals surface area (Å²) in [5.74, 6) is -0.213. The molecule has 0 spiro atoms. The van der Waals surface area contributed by atoms with Gasteiger partial charge in [0.05, 0.1) is 15.2 Å². The summed E-state index contributed by atoms with van der Waals surface area (Å²) in [6, 6.07) is 10.3. The maximum atomic E-state index is 12.8. The van der Waals surface area contributed by atoms with Crippen LogP contribution in [-0.2, 0) is 16.3 Å². The highest BCUT2D eigenvalue weighted by Gasteiger charge is 2.21. The van der Waals surface area contributed by atoms with Crippen LogP contribution in [0, 0.1) is 6.92 Å². The first-order chi connectivity index (χ1) is 11.8. The number of benzene rings is 2. The first kappa shape index (κ1) is 17.2. The number of sulfone groups is 1. The zero-order valence-corrected chi connectivity index (χ0v) is 14.8. The van der Waals surface area contributed by atoms with Gasteiger partial charge in [-0.15, -0.1) is 0 Å². The van der Waals surface area contributed by atoms with E-state index in [0.29, 0.717) is 17.4 Å². The molecule has 0 radical (unpaired) electrons. The molecule has 0 aliphatic heterocycles. The largest absolute Gasteiger partial charge is 0.507 e. The fourth-order valence-corrected chi connectivity index (χ4v) is 4.10. The molecule has 3 rings (SSSR count). The van der Waals surface area contributed by atoms with E-state index in [-0.39, 0.29) is 21.1 Å². The van der Waals surface area contributed by atoms with Crippen molar-refractivity contribution in [2.24, 2.45) is 0 Å². The third-order valence-electron chi connectivity index (χ3n) is 4.04. The summed E-state index contributed by atoms with van der Waals surface area (Å²) in [7, 11) is -3.83. The molecule has 3 aromatic rings. The fourth-order valence-electron chi connectivity index (χ4n) is 2.81. The SMILES string of the molecule is CCCc1cc(=O)oc2cc(S(=O)(=O)c3ccc(C)cc3)cc(O)c12. The summed E-state index contributed by atoms with van der Waals surface area (Å²) in [5.41, 5.74) is 1.09. The highest BCUT2D eigenvalue weighted by Crippen LogP contribution is 2.33. The van der Waals surface area contributed by atoms with Crippen LogP contribution in [0.3, 0.4) is 0 Å². The first-order valence-electron chi connectivity index (χ1n) is 7.94. The Bertz CT molecular complexity index is 1090. The molecular weight excluding hydrogens is 340 g/mol. The van der Waals surface area contributed by atoms with E-state index in [1.807, 2.05) is 13.8 Å². The smallest absolute Gasteiger partial charge is 0.336 e. The minimum absolute atomic E-state index is 0.0710. The maximum absolute atomic E-state index is 12.8. The molecule has 1 aromatic heterocycles. The summed E-state index contributed by atoms with van der Waals surface area (Å²) >= 11 is 0. The second-order valence-electron chi connectivity index (χ2n) is 5.97. The molecule has 0 atom stereocenters. The molecule has 0 aliphatic rings. The third kappa shape index (κ3) is 3.17. The van der Waals surface area contributed by atoms with Crippen molar-refractivity contribution in [1.82, 2.24) is 0 Å². The van der Waals surface area contributed by atoms with Gasteiger partial charge in [0.15, 0.2) is 0 Å². The Morgan fingerprint density at radius 3 is 2.36 bits per heavy atom. The number of fused-ring (bicyclic) bond motifs is 1. The van der Waals surface area contributed by atoms with Crippen LogP contribution in [0.2, 0.25) is 0 Å². The van der Waals surface area contributed by atoms with Crippen molar-refractivity contribution in [2.75, 3.05) is 0 Å². The second kappa shape index (κ2) is 6.37. The molecule has 0 bridgehead atoms. The summed E-state index contributed by atoms with van der Waals surface area (Å²) in [6.45, 7) is 3.82. The van der Waals surface area contributed by atoms with Crippen molar-refractivity contribution >= 4 is 20.8 Å². The van der Waals surface area contributed by atoms with E-state index in [1.165, 1.54) is 30.3 Å². The van der Waals surface area contributed by atoms with Gasteiger partial charge in [0.1, 0.15) is 11.3 Å². The number of hydrogen-bond acceptors (Lipinski definition) is 5. The Morgan fingerprint density at radius 1 is 1.04 bits per heavy atom. The van der Waals surface area contributed by atoms with Gasteiger partial charge in [-0.2, -0.15) is 0 Å². The molecule has 1 heterocycles. The number of hydrogen-bond donors (Lipinski definition) is 1. The molecule has 2 aromatic carbocycles. The summed E-state index contributed by atoms with van der Waals surface area (Å²) in [4.78, 5) is 11.8. The lowest BCUT2D eigenvalue weighted by molar-refractivity contribution is 0.475. The Hall–Kier alpha value is -2.60. The van der Waals surface area contributed by atoms with Gasteiger partial charge in [-0.25, -0.2) is 13.2 Å². The van der Waals surface area contributed by atoms with Crippen molar-refractivity contribution in [2.45, 2.75) is 36.5 Å². The lowest BCUT2D eigenvalue weighted by Gasteiger charge is -2.10. The molecule has 0 aliphatic carbocycles. The first-order valence-corrected chi connectivity index (χ1v) is 9.42. The van der Waals surface area contributed by atoms with Crippen molar-refractivity contribution in [3.05, 3.63) is 64.0 Å². The number of phenols is 1.